The van der Waals surface area contributed by atoms with Crippen LogP contribution in [-0.2, 0) is 16.1 Å². The molecule has 2 aromatic carbocycles. The van der Waals surface area contributed by atoms with Crippen LogP contribution in [0.15, 0.2) is 42.5 Å². The van der Waals surface area contributed by atoms with Crippen molar-refractivity contribution in [2.24, 2.45) is 11.8 Å². The van der Waals surface area contributed by atoms with Crippen molar-refractivity contribution < 1.29 is 18.9 Å². The number of nitro benzene ring substituents is 1. The average Bonchev–Trinajstić information content (AvgIpc) is 2.98. The first kappa shape index (κ1) is 19.0. The second kappa shape index (κ2) is 7.62. The number of halogens is 1. The molecule has 1 heterocycles. The molecule has 2 fully saturated rings. The molecule has 0 unspecified atom stereocenters. The molecule has 4 rings (SSSR count). The molecule has 0 radical (unpaired) electrons. The van der Waals surface area contributed by atoms with Crippen molar-refractivity contribution in [3.8, 4) is 0 Å². The molecule has 150 valence electrons. The Morgan fingerprint density at radius 3 is 2.34 bits per heavy atom. The van der Waals surface area contributed by atoms with Gasteiger partial charge in [0, 0.05) is 18.2 Å². The Bertz CT molecular complexity index is 970. The monoisotopic (exact) mass is 397 g/mol. The molecule has 0 bridgehead atoms. The van der Waals surface area contributed by atoms with Crippen LogP contribution in [0.25, 0.3) is 0 Å². The van der Waals surface area contributed by atoms with Crippen LogP contribution in [-0.4, -0.2) is 16.7 Å². The molecular formula is C21H20FN3O4. The third kappa shape index (κ3) is 3.46. The van der Waals surface area contributed by atoms with Gasteiger partial charge in [-0.2, -0.15) is 0 Å². The maximum absolute atomic E-state index is 13.8. The van der Waals surface area contributed by atoms with Crippen LogP contribution >= 0.6 is 0 Å². The maximum Gasteiger partial charge on any atom is 0.294 e. The summed E-state index contributed by atoms with van der Waals surface area (Å²) in [5.41, 5.74) is 0.505. The minimum absolute atomic E-state index is 0.0680. The molecule has 2 aromatic rings. The number of anilines is 2. The Labute approximate surface area is 166 Å². The largest absolute Gasteiger partial charge is 0.375 e. The Morgan fingerprint density at radius 2 is 1.72 bits per heavy atom. The van der Waals surface area contributed by atoms with E-state index in [4.69, 9.17) is 0 Å². The number of nitrogens with one attached hydrogen (secondary N) is 1. The molecule has 0 aromatic heterocycles. The molecule has 1 N–H and O–H groups in total. The maximum atomic E-state index is 13.8. The second-order valence-corrected chi connectivity index (χ2v) is 7.41. The van der Waals surface area contributed by atoms with E-state index in [0.717, 1.165) is 17.7 Å². The highest BCUT2D eigenvalue weighted by Crippen LogP contribution is 2.41. The Hall–Kier alpha value is -3.29. The highest BCUT2D eigenvalue weighted by atomic mass is 19.1. The van der Waals surface area contributed by atoms with Crippen molar-refractivity contribution in [1.82, 2.24) is 0 Å². The summed E-state index contributed by atoms with van der Waals surface area (Å²) in [7, 11) is 0. The molecule has 1 saturated carbocycles. The molecule has 2 atom stereocenters. The molecule has 1 saturated heterocycles. The summed E-state index contributed by atoms with van der Waals surface area (Å²) in [4.78, 5) is 37.6. The zero-order valence-corrected chi connectivity index (χ0v) is 15.6. The number of carbonyl (C=O) groups excluding carboxylic acids is 2. The quantitative estimate of drug-likeness (QED) is 0.467. The fourth-order valence-electron chi connectivity index (χ4n) is 4.21. The van der Waals surface area contributed by atoms with Crippen molar-refractivity contribution in [3.05, 3.63) is 64.0 Å². The van der Waals surface area contributed by atoms with E-state index in [1.54, 1.807) is 18.2 Å². The third-order valence-electron chi connectivity index (χ3n) is 5.70. The molecule has 1 aliphatic carbocycles. The fourth-order valence-corrected chi connectivity index (χ4v) is 4.21. The van der Waals surface area contributed by atoms with Crippen molar-refractivity contribution in [3.63, 3.8) is 0 Å². The van der Waals surface area contributed by atoms with Gasteiger partial charge in [-0.05, 0) is 31.0 Å². The Balaban J connectivity index is 1.61. The number of hydrogen-bond donors (Lipinski definition) is 1. The van der Waals surface area contributed by atoms with Gasteiger partial charge in [0.25, 0.3) is 5.69 Å². The number of fused-ring (bicyclic) bond motifs is 1. The van der Waals surface area contributed by atoms with E-state index in [1.807, 2.05) is 0 Å². The minimum Gasteiger partial charge on any atom is -0.375 e. The number of nitrogens with zero attached hydrogens (tertiary/aromatic N) is 2. The molecular weight excluding hydrogens is 377 g/mol. The predicted molar refractivity (Wildman–Crippen MR) is 105 cm³/mol. The lowest BCUT2D eigenvalue weighted by Crippen LogP contribution is -2.30. The highest BCUT2D eigenvalue weighted by Gasteiger charge is 2.49. The van der Waals surface area contributed by atoms with Gasteiger partial charge in [-0.1, -0.05) is 31.0 Å². The number of imide groups is 1. The third-order valence-corrected chi connectivity index (χ3v) is 5.70. The lowest BCUT2D eigenvalue weighted by Gasteiger charge is -2.19. The van der Waals surface area contributed by atoms with Crippen LogP contribution in [0, 0.1) is 27.8 Å². The van der Waals surface area contributed by atoms with E-state index in [0.29, 0.717) is 18.4 Å². The number of amides is 2. The second-order valence-electron chi connectivity index (χ2n) is 7.41. The summed E-state index contributed by atoms with van der Waals surface area (Å²) in [6, 6.07) is 10.4. The molecule has 2 amide bonds. The first-order chi connectivity index (χ1) is 14.0. The van der Waals surface area contributed by atoms with E-state index >= 15 is 0 Å². The average molecular weight is 397 g/mol. The van der Waals surface area contributed by atoms with Crippen LogP contribution in [0.3, 0.4) is 0 Å². The van der Waals surface area contributed by atoms with E-state index < -0.39 is 10.7 Å². The normalized spacial score (nSPS) is 21.2. The number of carbonyl (C=O) groups is 2. The van der Waals surface area contributed by atoms with Crippen molar-refractivity contribution in [2.45, 2.75) is 32.2 Å². The van der Waals surface area contributed by atoms with Crippen LogP contribution in [0.5, 0.6) is 0 Å². The van der Waals surface area contributed by atoms with Crippen LogP contribution in [0.4, 0.5) is 21.5 Å². The molecule has 8 heteroatoms. The van der Waals surface area contributed by atoms with Gasteiger partial charge in [-0.15, -0.1) is 0 Å². The fraction of sp³-hybridized carbons (Fsp3) is 0.333. The molecule has 2 aliphatic rings. The van der Waals surface area contributed by atoms with Crippen molar-refractivity contribution >= 4 is 28.9 Å². The smallest absolute Gasteiger partial charge is 0.294 e. The van der Waals surface area contributed by atoms with Gasteiger partial charge >= 0.3 is 0 Å². The van der Waals surface area contributed by atoms with Gasteiger partial charge in [0.05, 0.1) is 22.4 Å². The molecule has 29 heavy (non-hydrogen) atoms. The van der Waals surface area contributed by atoms with Gasteiger partial charge in [-0.3, -0.25) is 19.7 Å². The van der Waals surface area contributed by atoms with Crippen LogP contribution in [0.1, 0.15) is 31.2 Å². The zero-order valence-electron chi connectivity index (χ0n) is 15.6. The lowest BCUT2D eigenvalue weighted by molar-refractivity contribution is -0.383. The van der Waals surface area contributed by atoms with Crippen molar-refractivity contribution in [1.29, 1.82) is 0 Å². The van der Waals surface area contributed by atoms with E-state index in [-0.39, 0.29) is 47.3 Å². The molecule has 7 nitrogen and oxygen atoms in total. The van der Waals surface area contributed by atoms with E-state index in [9.17, 15) is 24.1 Å². The molecule has 1 aliphatic heterocycles. The van der Waals surface area contributed by atoms with E-state index in [2.05, 4.69) is 5.32 Å². The number of nitro groups is 1. The van der Waals surface area contributed by atoms with Gasteiger partial charge in [0.1, 0.15) is 11.5 Å². The van der Waals surface area contributed by atoms with Gasteiger partial charge in [0.15, 0.2) is 0 Å². The van der Waals surface area contributed by atoms with Gasteiger partial charge in [-0.25, -0.2) is 9.29 Å². The summed E-state index contributed by atoms with van der Waals surface area (Å²) in [5.74, 6) is -1.61. The first-order valence-electron chi connectivity index (χ1n) is 9.61. The number of hydrogen-bond acceptors (Lipinski definition) is 5. The van der Waals surface area contributed by atoms with Gasteiger partial charge < -0.3 is 5.32 Å². The van der Waals surface area contributed by atoms with Crippen LogP contribution < -0.4 is 10.2 Å². The summed E-state index contributed by atoms with van der Waals surface area (Å²) < 4.78 is 13.8. The number of rotatable bonds is 5. The molecule has 0 spiro atoms. The van der Waals surface area contributed by atoms with Crippen molar-refractivity contribution in [2.75, 3.05) is 10.2 Å². The summed E-state index contributed by atoms with van der Waals surface area (Å²) in [5, 5.41) is 14.5. The topological polar surface area (TPSA) is 92.6 Å². The zero-order chi connectivity index (χ0) is 20.5. The first-order valence-corrected chi connectivity index (χ1v) is 9.61. The summed E-state index contributed by atoms with van der Waals surface area (Å²) >= 11 is 0. The van der Waals surface area contributed by atoms with Gasteiger partial charge in [0.2, 0.25) is 11.8 Å². The minimum atomic E-state index is -0.578. The Kier molecular flexibility index (Phi) is 5.00. The summed E-state index contributed by atoms with van der Waals surface area (Å²) in [6.45, 7) is 0.0680. The lowest BCUT2D eigenvalue weighted by atomic mass is 9.81. The SMILES string of the molecule is O=C1[C@H]2CCCC[C@@H]2C(=O)N1c1ccc(NCc2ccccc2F)c([N+](=O)[O-])c1. The van der Waals surface area contributed by atoms with Crippen LogP contribution in [0.2, 0.25) is 0 Å². The Morgan fingerprint density at radius 1 is 1.07 bits per heavy atom. The standard InChI is InChI=1S/C21H20FN3O4/c22-17-8-4-1-5-13(17)12-23-18-10-9-14(11-19(18)25(28)29)24-20(26)15-6-2-3-7-16(15)21(24)27/h1,4-5,8-11,15-16,23H,2-3,6-7,12H2/t15-,16-/m0/s1. The number of benzene rings is 2. The van der Waals surface area contributed by atoms with E-state index in [1.165, 1.54) is 24.3 Å². The predicted octanol–water partition coefficient (Wildman–Crippen LogP) is 4.03. The highest BCUT2D eigenvalue weighted by molar-refractivity contribution is 6.22. The summed E-state index contributed by atoms with van der Waals surface area (Å²) in [6.07, 6.45) is 3.17.